The smallest absolute Gasteiger partial charge is 0.184 e. The van der Waals surface area contributed by atoms with Crippen molar-refractivity contribution in [2.75, 3.05) is 19.0 Å². The van der Waals surface area contributed by atoms with Crippen LogP contribution >= 0.6 is 11.3 Å². The molecule has 0 amide bonds. The maximum atomic E-state index is 12.4. The van der Waals surface area contributed by atoms with E-state index in [0.717, 1.165) is 37.8 Å². The molecule has 1 N–H and O–H groups in total. The number of thiazole rings is 1. The molecule has 0 unspecified atom stereocenters. The molecule has 0 fully saturated rings. The van der Waals surface area contributed by atoms with Crippen LogP contribution in [-0.4, -0.2) is 24.4 Å². The van der Waals surface area contributed by atoms with Crippen molar-refractivity contribution in [1.82, 2.24) is 4.98 Å². The lowest BCUT2D eigenvalue weighted by Crippen LogP contribution is -3.00. The Kier molecular flexibility index (Phi) is 5.96. The number of nitrogens with zero attached hydrogens (tertiary/aromatic N) is 1. The van der Waals surface area contributed by atoms with E-state index in [1.807, 2.05) is 50.2 Å². The summed E-state index contributed by atoms with van der Waals surface area (Å²) in [6, 6.07) is 11.7. The van der Waals surface area contributed by atoms with Gasteiger partial charge in [0.1, 0.15) is 11.3 Å². The van der Waals surface area contributed by atoms with E-state index in [1.165, 1.54) is 11.3 Å². The molecule has 6 heteroatoms. The van der Waals surface area contributed by atoms with E-state index < -0.39 is 0 Å². The molecule has 3 rings (SSSR count). The molecule has 0 radical (unpaired) electrons. The number of ether oxygens (including phenoxy) is 1. The van der Waals surface area contributed by atoms with Crippen LogP contribution in [0, 0.1) is 13.8 Å². The quantitative estimate of drug-likeness (QED) is 0.648. The molecule has 0 bridgehead atoms. The third-order valence-electron chi connectivity index (χ3n) is 3.70. The topological polar surface area (TPSA) is 51.2 Å². The van der Waals surface area contributed by atoms with E-state index in [1.54, 1.807) is 7.11 Å². The number of Topliss-reactive ketones (excluding diaryl/α,β-unsaturated/α-hetero) is 1. The maximum Gasteiger partial charge on any atom is 0.184 e. The second kappa shape index (κ2) is 7.77. The third-order valence-corrected chi connectivity index (χ3v) is 4.67. The normalized spacial score (nSPS) is 10.3. The predicted molar refractivity (Wildman–Crippen MR) is 94.9 cm³/mol. The number of anilines is 1. The molecule has 1 heterocycles. The van der Waals surface area contributed by atoms with Crippen LogP contribution < -0.4 is 27.0 Å². The Morgan fingerprint density at radius 2 is 2.04 bits per heavy atom. The number of carbonyl (C=O) groups is 1. The molecule has 0 saturated heterocycles. The first-order valence-electron chi connectivity index (χ1n) is 7.36. The highest BCUT2D eigenvalue weighted by atomic mass is 79.9. The molecule has 4 nitrogen and oxygen atoms in total. The van der Waals surface area contributed by atoms with Gasteiger partial charge in [-0.25, -0.2) is 4.98 Å². The highest BCUT2D eigenvalue weighted by molar-refractivity contribution is 7.22. The van der Waals surface area contributed by atoms with Crippen LogP contribution in [0.2, 0.25) is 0 Å². The van der Waals surface area contributed by atoms with Gasteiger partial charge in [-0.2, -0.15) is 0 Å². The van der Waals surface area contributed by atoms with Gasteiger partial charge in [-0.05, 0) is 37.6 Å². The second-order valence-corrected chi connectivity index (χ2v) is 6.45. The van der Waals surface area contributed by atoms with Crippen molar-refractivity contribution >= 4 is 32.5 Å². The fraction of sp³-hybridized carbons (Fsp3) is 0.222. The molecule has 0 aliphatic heterocycles. The zero-order valence-electron chi connectivity index (χ0n) is 13.7. The Labute approximate surface area is 155 Å². The highest BCUT2D eigenvalue weighted by Gasteiger charge is 2.12. The Bertz CT molecular complexity index is 877. The average molecular weight is 406 g/mol. The van der Waals surface area contributed by atoms with Crippen LogP contribution in [0.3, 0.4) is 0 Å². The van der Waals surface area contributed by atoms with E-state index in [9.17, 15) is 4.79 Å². The minimum absolute atomic E-state index is 0. The van der Waals surface area contributed by atoms with Gasteiger partial charge in [0.15, 0.2) is 10.9 Å². The molecule has 24 heavy (non-hydrogen) atoms. The minimum Gasteiger partial charge on any atom is -1.00 e. The Hall–Kier alpha value is -1.92. The van der Waals surface area contributed by atoms with E-state index in [2.05, 4.69) is 10.3 Å². The summed E-state index contributed by atoms with van der Waals surface area (Å²) in [4.78, 5) is 16.9. The van der Waals surface area contributed by atoms with Crippen molar-refractivity contribution in [2.45, 2.75) is 13.8 Å². The number of ketones is 1. The second-order valence-electron chi connectivity index (χ2n) is 5.42. The number of carbonyl (C=O) groups excluding carboxylic acids is 1. The number of hydrogen-bond acceptors (Lipinski definition) is 5. The van der Waals surface area contributed by atoms with Crippen molar-refractivity contribution in [3.05, 3.63) is 53.1 Å². The number of aryl methyl sites for hydroxylation is 2. The lowest BCUT2D eigenvalue weighted by atomic mass is 10.0. The van der Waals surface area contributed by atoms with Gasteiger partial charge in [-0.15, -0.1) is 0 Å². The first-order chi connectivity index (χ1) is 11.1. The molecular weight excluding hydrogens is 388 g/mol. The van der Waals surface area contributed by atoms with Crippen molar-refractivity contribution in [3.8, 4) is 5.75 Å². The molecule has 3 aromatic rings. The highest BCUT2D eigenvalue weighted by Crippen LogP contribution is 2.32. The zero-order chi connectivity index (χ0) is 16.4. The summed E-state index contributed by atoms with van der Waals surface area (Å²) in [5.74, 6) is 0.810. The molecule has 0 spiro atoms. The van der Waals surface area contributed by atoms with Crippen LogP contribution in [0.15, 0.2) is 36.4 Å². The van der Waals surface area contributed by atoms with Crippen LogP contribution in [-0.2, 0) is 0 Å². The fourth-order valence-electron chi connectivity index (χ4n) is 2.45. The van der Waals surface area contributed by atoms with Gasteiger partial charge in [-0.1, -0.05) is 35.1 Å². The number of benzene rings is 2. The standard InChI is InChI=1S/C18H18N2O2S.BrH/c1-11-7-8-12(2)13(9-11)14(21)10-19-18-20-17-15(22-3)5-4-6-16(17)23-18;/h4-9H,10H2,1-3H3,(H,19,20);1H/p-1. The number of hydrogen-bond donors (Lipinski definition) is 1. The van der Waals surface area contributed by atoms with Crippen LogP contribution in [0.5, 0.6) is 5.75 Å². The predicted octanol–water partition coefficient (Wildman–Crippen LogP) is 1.22. The van der Waals surface area contributed by atoms with Crippen LogP contribution in [0.25, 0.3) is 10.2 Å². The number of halogens is 1. The summed E-state index contributed by atoms with van der Waals surface area (Å²) in [7, 11) is 1.63. The SMILES string of the molecule is COc1cccc2sc(NCC(=O)c3cc(C)ccc3C)nc12.[Br-]. The fourth-order valence-corrected chi connectivity index (χ4v) is 3.33. The summed E-state index contributed by atoms with van der Waals surface area (Å²) < 4.78 is 6.35. The van der Waals surface area contributed by atoms with E-state index in [-0.39, 0.29) is 29.3 Å². The monoisotopic (exact) mass is 405 g/mol. The summed E-state index contributed by atoms with van der Waals surface area (Å²) in [5.41, 5.74) is 3.66. The summed E-state index contributed by atoms with van der Waals surface area (Å²) in [6.07, 6.45) is 0. The van der Waals surface area contributed by atoms with E-state index in [4.69, 9.17) is 4.74 Å². The molecule has 0 aliphatic carbocycles. The number of aromatic nitrogens is 1. The zero-order valence-corrected chi connectivity index (χ0v) is 16.1. The molecular formula is C18H18BrN2O2S-. The van der Waals surface area contributed by atoms with Crippen LogP contribution in [0.4, 0.5) is 5.13 Å². The molecule has 126 valence electrons. The number of fused-ring (bicyclic) bond motifs is 1. The molecule has 2 aromatic carbocycles. The van der Waals surface area contributed by atoms with Crippen LogP contribution in [0.1, 0.15) is 21.5 Å². The third kappa shape index (κ3) is 3.76. The van der Waals surface area contributed by atoms with E-state index >= 15 is 0 Å². The van der Waals surface area contributed by atoms with Gasteiger partial charge in [-0.3, -0.25) is 4.79 Å². The van der Waals surface area contributed by atoms with Gasteiger partial charge >= 0.3 is 0 Å². The summed E-state index contributed by atoms with van der Waals surface area (Å²) in [5, 5.41) is 3.86. The van der Waals surface area contributed by atoms with Gasteiger partial charge in [0.05, 0.1) is 18.4 Å². The first-order valence-corrected chi connectivity index (χ1v) is 8.18. The average Bonchev–Trinajstić information content (AvgIpc) is 2.97. The number of methoxy groups -OCH3 is 1. The van der Waals surface area contributed by atoms with Gasteiger partial charge in [0, 0.05) is 5.56 Å². The number of rotatable bonds is 5. The molecule has 0 saturated carbocycles. The Morgan fingerprint density at radius 3 is 2.79 bits per heavy atom. The van der Waals surface area contributed by atoms with Crippen molar-refractivity contribution in [3.63, 3.8) is 0 Å². The first kappa shape index (κ1) is 18.4. The minimum atomic E-state index is 0. The van der Waals surface area contributed by atoms with Crippen molar-refractivity contribution < 1.29 is 26.5 Å². The Morgan fingerprint density at radius 1 is 1.25 bits per heavy atom. The molecule has 0 aliphatic rings. The number of para-hydroxylation sites is 1. The Balaban J connectivity index is 0.00000208. The van der Waals surface area contributed by atoms with E-state index in [0.29, 0.717) is 0 Å². The maximum absolute atomic E-state index is 12.4. The summed E-state index contributed by atoms with van der Waals surface area (Å²) in [6.45, 7) is 4.17. The molecule has 0 atom stereocenters. The largest absolute Gasteiger partial charge is 1.00 e. The summed E-state index contributed by atoms with van der Waals surface area (Å²) >= 11 is 1.52. The molecule has 1 aromatic heterocycles. The van der Waals surface area contributed by atoms with Gasteiger partial charge in [0.25, 0.3) is 0 Å². The van der Waals surface area contributed by atoms with Crippen molar-refractivity contribution in [1.29, 1.82) is 0 Å². The van der Waals surface area contributed by atoms with Crippen molar-refractivity contribution in [2.24, 2.45) is 0 Å². The lowest BCUT2D eigenvalue weighted by molar-refractivity contribution is -0.0000127. The van der Waals surface area contributed by atoms with Gasteiger partial charge in [0.2, 0.25) is 0 Å². The number of nitrogens with one attached hydrogen (secondary N) is 1. The lowest BCUT2D eigenvalue weighted by Gasteiger charge is -2.06. The van der Waals surface area contributed by atoms with Gasteiger partial charge < -0.3 is 27.0 Å².